The number of nitrogen functional groups attached to an aromatic ring is 1. The summed E-state index contributed by atoms with van der Waals surface area (Å²) in [5, 5.41) is 0.979. The van der Waals surface area contributed by atoms with Crippen LogP contribution in [0.5, 0.6) is 0 Å². The van der Waals surface area contributed by atoms with Gasteiger partial charge in [0.05, 0.1) is 17.3 Å². The Labute approximate surface area is 111 Å². The minimum absolute atomic E-state index is 0.441. The minimum atomic E-state index is -0.460. The maximum absolute atomic E-state index is 11.2. The normalized spacial score (nSPS) is 19.7. The van der Waals surface area contributed by atoms with Crippen LogP contribution in [0, 0.1) is 5.92 Å². The molecule has 1 unspecified atom stereocenters. The summed E-state index contributed by atoms with van der Waals surface area (Å²) in [5.41, 5.74) is 11.5. The maximum atomic E-state index is 11.2. The maximum Gasteiger partial charge on any atom is 0.260 e. The molecule has 0 bridgehead atoms. The molecular weight excluding hydrogens is 250 g/mol. The second kappa shape index (κ2) is 5.58. The molecule has 100 valence electrons. The molecule has 2 rings (SSSR count). The Morgan fingerprint density at radius 2 is 2.44 bits per heavy atom. The van der Waals surface area contributed by atoms with Crippen molar-refractivity contribution in [3.05, 3.63) is 10.9 Å². The first-order chi connectivity index (χ1) is 8.58. The summed E-state index contributed by atoms with van der Waals surface area (Å²) in [6, 6.07) is 1.81. The van der Waals surface area contributed by atoms with Gasteiger partial charge in [0, 0.05) is 20.2 Å². The van der Waals surface area contributed by atoms with Gasteiger partial charge in [-0.1, -0.05) is 0 Å². The predicted molar refractivity (Wildman–Crippen MR) is 74.1 cm³/mol. The molecule has 0 radical (unpaired) electrons. The SMILES string of the molecule is CN(CC1CCCOC1)c1cc(N)c(C(N)=O)s1. The van der Waals surface area contributed by atoms with Gasteiger partial charge in [0.2, 0.25) is 0 Å². The van der Waals surface area contributed by atoms with Gasteiger partial charge in [0.15, 0.2) is 0 Å². The van der Waals surface area contributed by atoms with Crippen LogP contribution >= 0.6 is 11.3 Å². The molecule has 1 atom stereocenters. The summed E-state index contributed by atoms with van der Waals surface area (Å²) < 4.78 is 5.46. The lowest BCUT2D eigenvalue weighted by molar-refractivity contribution is 0.0577. The number of thiophene rings is 1. The van der Waals surface area contributed by atoms with Gasteiger partial charge in [0.25, 0.3) is 5.91 Å². The van der Waals surface area contributed by atoms with E-state index in [1.807, 2.05) is 13.1 Å². The largest absolute Gasteiger partial charge is 0.397 e. The number of primary amides is 1. The van der Waals surface area contributed by atoms with E-state index in [0.29, 0.717) is 16.5 Å². The zero-order chi connectivity index (χ0) is 13.1. The highest BCUT2D eigenvalue weighted by Crippen LogP contribution is 2.32. The van der Waals surface area contributed by atoms with Crippen LogP contribution in [-0.4, -0.2) is 32.7 Å². The van der Waals surface area contributed by atoms with Gasteiger partial charge >= 0.3 is 0 Å². The van der Waals surface area contributed by atoms with E-state index in [-0.39, 0.29) is 0 Å². The highest BCUT2D eigenvalue weighted by atomic mass is 32.1. The first-order valence-electron chi connectivity index (χ1n) is 6.06. The zero-order valence-electron chi connectivity index (χ0n) is 10.5. The number of ether oxygens (including phenoxy) is 1. The van der Waals surface area contributed by atoms with Crippen molar-refractivity contribution in [2.45, 2.75) is 12.8 Å². The summed E-state index contributed by atoms with van der Waals surface area (Å²) in [5.74, 6) is 0.0854. The smallest absolute Gasteiger partial charge is 0.260 e. The Bertz CT molecular complexity index is 427. The van der Waals surface area contributed by atoms with Crippen molar-refractivity contribution in [3.8, 4) is 0 Å². The van der Waals surface area contributed by atoms with Crippen molar-refractivity contribution in [3.63, 3.8) is 0 Å². The highest BCUT2D eigenvalue weighted by Gasteiger charge is 2.19. The molecule has 1 aliphatic rings. The molecule has 0 aromatic carbocycles. The summed E-state index contributed by atoms with van der Waals surface area (Å²) in [6.45, 7) is 2.60. The summed E-state index contributed by atoms with van der Waals surface area (Å²) >= 11 is 1.35. The van der Waals surface area contributed by atoms with Crippen LogP contribution in [0.2, 0.25) is 0 Å². The van der Waals surface area contributed by atoms with Gasteiger partial charge in [-0.25, -0.2) is 0 Å². The van der Waals surface area contributed by atoms with Gasteiger partial charge in [-0.2, -0.15) is 0 Å². The fraction of sp³-hybridized carbons (Fsp3) is 0.583. The molecular formula is C12H19N3O2S. The van der Waals surface area contributed by atoms with Gasteiger partial charge in [-0.3, -0.25) is 4.79 Å². The first-order valence-corrected chi connectivity index (χ1v) is 6.87. The number of amides is 1. The van der Waals surface area contributed by atoms with Gasteiger partial charge in [-0.05, 0) is 24.8 Å². The number of carbonyl (C=O) groups is 1. The van der Waals surface area contributed by atoms with E-state index >= 15 is 0 Å². The van der Waals surface area contributed by atoms with Gasteiger partial charge in [-0.15, -0.1) is 11.3 Å². The fourth-order valence-electron chi connectivity index (χ4n) is 2.20. The molecule has 5 nitrogen and oxygen atoms in total. The number of nitrogens with two attached hydrogens (primary N) is 2. The van der Waals surface area contributed by atoms with Crippen LogP contribution in [-0.2, 0) is 4.74 Å². The third kappa shape index (κ3) is 2.94. The molecule has 1 amide bonds. The van der Waals surface area contributed by atoms with Crippen LogP contribution in [0.1, 0.15) is 22.5 Å². The summed E-state index contributed by atoms with van der Waals surface area (Å²) in [6.07, 6.45) is 2.31. The first kappa shape index (κ1) is 13.2. The van der Waals surface area contributed by atoms with Crippen molar-refractivity contribution in [1.82, 2.24) is 0 Å². The van der Waals surface area contributed by atoms with Crippen molar-refractivity contribution in [2.24, 2.45) is 11.7 Å². The molecule has 1 saturated heterocycles. The van der Waals surface area contributed by atoms with Crippen molar-refractivity contribution in [1.29, 1.82) is 0 Å². The second-order valence-electron chi connectivity index (χ2n) is 4.70. The predicted octanol–water partition coefficient (Wildman–Crippen LogP) is 1.29. The van der Waals surface area contributed by atoms with E-state index < -0.39 is 5.91 Å². The van der Waals surface area contributed by atoms with E-state index in [0.717, 1.165) is 31.2 Å². The van der Waals surface area contributed by atoms with E-state index in [2.05, 4.69) is 4.90 Å². The molecule has 18 heavy (non-hydrogen) atoms. The third-order valence-electron chi connectivity index (χ3n) is 3.13. The van der Waals surface area contributed by atoms with Crippen LogP contribution in [0.3, 0.4) is 0 Å². The number of anilines is 2. The lowest BCUT2D eigenvalue weighted by Gasteiger charge is -2.27. The van der Waals surface area contributed by atoms with Gasteiger partial charge < -0.3 is 21.1 Å². The molecule has 1 aliphatic heterocycles. The van der Waals surface area contributed by atoms with Crippen LogP contribution in [0.15, 0.2) is 6.07 Å². The van der Waals surface area contributed by atoms with Crippen LogP contribution < -0.4 is 16.4 Å². The van der Waals surface area contributed by atoms with E-state index in [4.69, 9.17) is 16.2 Å². The van der Waals surface area contributed by atoms with Crippen LogP contribution in [0.25, 0.3) is 0 Å². The zero-order valence-corrected chi connectivity index (χ0v) is 11.3. The third-order valence-corrected chi connectivity index (χ3v) is 4.41. The molecule has 6 heteroatoms. The van der Waals surface area contributed by atoms with Crippen molar-refractivity contribution in [2.75, 3.05) is 37.4 Å². The lowest BCUT2D eigenvalue weighted by atomic mass is 10.0. The van der Waals surface area contributed by atoms with E-state index in [1.165, 1.54) is 17.8 Å². The fourth-order valence-corrected chi connectivity index (χ4v) is 3.10. The topological polar surface area (TPSA) is 81.6 Å². The number of nitrogens with zero attached hydrogens (tertiary/aromatic N) is 1. The average molecular weight is 269 g/mol. The molecule has 0 saturated carbocycles. The summed E-state index contributed by atoms with van der Waals surface area (Å²) in [7, 11) is 2.00. The van der Waals surface area contributed by atoms with E-state index in [9.17, 15) is 4.79 Å². The Morgan fingerprint density at radius 1 is 1.67 bits per heavy atom. The monoisotopic (exact) mass is 269 g/mol. The molecule has 4 N–H and O–H groups in total. The molecule has 0 spiro atoms. The number of carbonyl (C=O) groups excluding carboxylic acids is 1. The Kier molecular flexibility index (Phi) is 4.08. The molecule has 2 heterocycles. The van der Waals surface area contributed by atoms with Gasteiger partial charge in [0.1, 0.15) is 4.88 Å². The average Bonchev–Trinajstić information content (AvgIpc) is 2.73. The standard InChI is InChI=1S/C12H19N3O2S/c1-15(6-8-3-2-4-17-7-8)10-5-9(13)11(18-10)12(14)16/h5,8H,2-4,6-7,13H2,1H3,(H2,14,16). The molecule has 1 aromatic heterocycles. The minimum Gasteiger partial charge on any atom is -0.397 e. The Balaban J connectivity index is 2.01. The lowest BCUT2D eigenvalue weighted by Crippen LogP contribution is -2.30. The Morgan fingerprint density at radius 3 is 3.00 bits per heavy atom. The van der Waals surface area contributed by atoms with E-state index in [1.54, 1.807) is 0 Å². The van der Waals surface area contributed by atoms with Crippen molar-refractivity contribution >= 4 is 27.9 Å². The second-order valence-corrected chi connectivity index (χ2v) is 5.73. The number of rotatable bonds is 4. The number of hydrogen-bond donors (Lipinski definition) is 2. The highest BCUT2D eigenvalue weighted by molar-refractivity contribution is 7.18. The summed E-state index contributed by atoms with van der Waals surface area (Å²) in [4.78, 5) is 13.7. The molecule has 1 aromatic rings. The molecule has 0 aliphatic carbocycles. The quantitative estimate of drug-likeness (QED) is 0.863. The Hall–Kier alpha value is -1.27. The number of hydrogen-bond acceptors (Lipinski definition) is 5. The van der Waals surface area contributed by atoms with Crippen LogP contribution in [0.4, 0.5) is 10.7 Å². The molecule has 1 fully saturated rings. The van der Waals surface area contributed by atoms with Crippen molar-refractivity contribution < 1.29 is 9.53 Å².